The average Bonchev–Trinajstić information content (AvgIpc) is 3.50. The lowest BCUT2D eigenvalue weighted by molar-refractivity contribution is -0.147. The number of aliphatic carboxylic acids is 1. The molecule has 0 radical (unpaired) electrons. The minimum absolute atomic E-state index is 0. The van der Waals surface area contributed by atoms with Crippen LogP contribution < -0.4 is 0 Å². The van der Waals surface area contributed by atoms with Crippen LogP contribution in [0.1, 0.15) is 29.5 Å². The number of aromatic nitrogens is 2. The average molecular weight is 534 g/mol. The second-order valence-corrected chi connectivity index (χ2v) is 10.6. The van der Waals surface area contributed by atoms with Crippen LogP contribution in [0.4, 0.5) is 0 Å². The first-order chi connectivity index (χ1) is 17.5. The second kappa shape index (κ2) is 10.3. The molecule has 4 aromatic rings. The van der Waals surface area contributed by atoms with Crippen LogP contribution in [-0.4, -0.2) is 38.4 Å². The molecule has 1 N–H and O–H groups in total. The van der Waals surface area contributed by atoms with Gasteiger partial charge in [-0.2, -0.15) is 4.98 Å². The highest BCUT2D eigenvalue weighted by Crippen LogP contribution is 2.38. The minimum Gasteiger partial charge on any atom is -0.481 e. The number of nitrogens with zero attached hydrogens (tertiary/aromatic N) is 3. The van der Waals surface area contributed by atoms with Crippen molar-refractivity contribution in [3.63, 3.8) is 0 Å². The predicted molar refractivity (Wildman–Crippen MR) is 148 cm³/mol. The Hall–Kier alpha value is -3.13. The lowest BCUT2D eigenvalue weighted by Crippen LogP contribution is -2.44. The van der Waals surface area contributed by atoms with Crippen LogP contribution in [0.15, 0.2) is 70.1 Å². The Morgan fingerprint density at radius 1 is 1.00 bits per heavy atom. The molecule has 37 heavy (non-hydrogen) atoms. The van der Waals surface area contributed by atoms with Crippen LogP contribution in [0.5, 0.6) is 0 Å². The molecule has 6 rings (SSSR count). The number of halogens is 1. The molecule has 190 valence electrons. The molecule has 0 saturated heterocycles. The lowest BCUT2D eigenvalue weighted by Gasteiger charge is -2.39. The maximum atomic E-state index is 11.2. The van der Waals surface area contributed by atoms with E-state index < -0.39 is 5.97 Å². The zero-order valence-electron chi connectivity index (χ0n) is 20.7. The van der Waals surface area contributed by atoms with Crippen LogP contribution in [-0.2, 0) is 17.9 Å². The summed E-state index contributed by atoms with van der Waals surface area (Å²) in [7, 11) is 0. The van der Waals surface area contributed by atoms with Gasteiger partial charge in [0.25, 0.3) is 5.89 Å². The first kappa shape index (κ1) is 25.5. The number of rotatable bonds is 6. The van der Waals surface area contributed by atoms with Gasteiger partial charge in [0.2, 0.25) is 5.82 Å². The Labute approximate surface area is 226 Å². The third kappa shape index (κ3) is 4.79. The van der Waals surface area contributed by atoms with E-state index in [9.17, 15) is 9.90 Å². The third-order valence-corrected chi connectivity index (χ3v) is 8.28. The van der Waals surface area contributed by atoms with Gasteiger partial charge in [-0.1, -0.05) is 41.6 Å². The van der Waals surface area contributed by atoms with Crippen molar-refractivity contribution in [2.75, 3.05) is 6.26 Å². The molecule has 6 nitrogen and oxygen atoms in total. The highest BCUT2D eigenvalue weighted by atomic mass is 35.5. The Morgan fingerprint density at radius 3 is 2.51 bits per heavy atom. The standard InChI is InChI=1S/C29H27N3O3S.ClH/c1-17-11-19(9-10-24(17)25-5-3-4-6-26(25)36-2)28-30-27(31-35-28)18-7-8-20-15-32(16-22(20)12-18)23-13-21(14-23)29(33)34;/h3-12,21,23H,13-16H2,1-2H3,(H,33,34);1H. The molecule has 0 unspecified atom stereocenters. The maximum Gasteiger partial charge on any atom is 0.306 e. The van der Waals surface area contributed by atoms with Gasteiger partial charge in [-0.25, -0.2) is 0 Å². The van der Waals surface area contributed by atoms with Crippen LogP contribution in [0.25, 0.3) is 34.0 Å². The molecule has 1 saturated carbocycles. The van der Waals surface area contributed by atoms with E-state index in [-0.39, 0.29) is 18.3 Å². The largest absolute Gasteiger partial charge is 0.481 e. The highest BCUT2D eigenvalue weighted by Gasteiger charge is 2.39. The molecule has 0 atom stereocenters. The van der Waals surface area contributed by atoms with Crippen molar-refractivity contribution in [1.29, 1.82) is 0 Å². The Bertz CT molecular complexity index is 1460. The van der Waals surface area contributed by atoms with Crippen molar-refractivity contribution in [2.24, 2.45) is 5.92 Å². The zero-order valence-corrected chi connectivity index (χ0v) is 22.3. The smallest absolute Gasteiger partial charge is 0.306 e. The van der Waals surface area contributed by atoms with Crippen molar-refractivity contribution >= 4 is 30.1 Å². The second-order valence-electron chi connectivity index (χ2n) is 9.70. The Morgan fingerprint density at radius 2 is 1.76 bits per heavy atom. The van der Waals surface area contributed by atoms with Crippen LogP contribution in [0.2, 0.25) is 0 Å². The monoisotopic (exact) mass is 533 g/mol. The molecule has 2 heterocycles. The van der Waals surface area contributed by atoms with Gasteiger partial charge in [0.15, 0.2) is 0 Å². The van der Waals surface area contributed by atoms with E-state index in [1.807, 2.05) is 12.1 Å². The van der Waals surface area contributed by atoms with E-state index in [0.29, 0.717) is 17.8 Å². The normalized spacial score (nSPS) is 18.6. The molecule has 0 amide bonds. The maximum absolute atomic E-state index is 11.2. The SMILES string of the molecule is CSc1ccccc1-c1ccc(-c2nc(-c3ccc4c(c3)CN(C3CC(C(=O)O)C3)C4)no2)cc1C.Cl. The van der Waals surface area contributed by atoms with Crippen molar-refractivity contribution in [2.45, 2.75) is 43.8 Å². The van der Waals surface area contributed by atoms with E-state index in [2.05, 4.69) is 71.8 Å². The first-order valence-electron chi connectivity index (χ1n) is 12.2. The Balaban J connectivity index is 0.00000280. The number of hydrogen-bond donors (Lipinski definition) is 1. The molecule has 1 fully saturated rings. The predicted octanol–water partition coefficient (Wildman–Crippen LogP) is 6.70. The lowest BCUT2D eigenvalue weighted by atomic mass is 9.79. The highest BCUT2D eigenvalue weighted by molar-refractivity contribution is 7.98. The van der Waals surface area contributed by atoms with Crippen molar-refractivity contribution in [3.05, 3.63) is 77.4 Å². The number of fused-ring (bicyclic) bond motifs is 1. The first-order valence-corrected chi connectivity index (χ1v) is 13.4. The van der Waals surface area contributed by atoms with E-state index >= 15 is 0 Å². The summed E-state index contributed by atoms with van der Waals surface area (Å²) in [6.45, 7) is 3.82. The summed E-state index contributed by atoms with van der Waals surface area (Å²) in [5, 5.41) is 13.4. The van der Waals surface area contributed by atoms with Gasteiger partial charge < -0.3 is 9.63 Å². The summed E-state index contributed by atoms with van der Waals surface area (Å²) in [6.07, 6.45) is 3.58. The number of benzene rings is 3. The molecule has 1 aliphatic carbocycles. The van der Waals surface area contributed by atoms with Gasteiger partial charge in [-0.3, -0.25) is 9.69 Å². The molecular weight excluding hydrogens is 506 g/mol. The number of thioether (sulfide) groups is 1. The molecule has 1 aliphatic heterocycles. The molecule has 1 aromatic heterocycles. The summed E-state index contributed by atoms with van der Waals surface area (Å²) in [6, 6.07) is 21.4. The molecule has 0 bridgehead atoms. The minimum atomic E-state index is -0.673. The molecule has 0 spiro atoms. The van der Waals surface area contributed by atoms with Crippen molar-refractivity contribution < 1.29 is 14.4 Å². The van der Waals surface area contributed by atoms with E-state index in [1.54, 1.807) is 11.8 Å². The number of hydrogen-bond acceptors (Lipinski definition) is 6. The van der Waals surface area contributed by atoms with Gasteiger partial charge in [-0.15, -0.1) is 24.2 Å². The van der Waals surface area contributed by atoms with Gasteiger partial charge in [0.1, 0.15) is 0 Å². The molecule has 3 aromatic carbocycles. The topological polar surface area (TPSA) is 79.5 Å². The fourth-order valence-corrected chi connectivity index (χ4v) is 5.94. The van der Waals surface area contributed by atoms with Gasteiger partial charge >= 0.3 is 5.97 Å². The third-order valence-electron chi connectivity index (χ3n) is 7.49. The molecule has 8 heteroatoms. The van der Waals surface area contributed by atoms with E-state index in [1.165, 1.54) is 27.1 Å². The van der Waals surface area contributed by atoms with Crippen LogP contribution in [0.3, 0.4) is 0 Å². The fraction of sp³-hybridized carbons (Fsp3) is 0.276. The summed E-state index contributed by atoms with van der Waals surface area (Å²) in [5.74, 6) is 0.224. The molecular formula is C29H28ClN3O3S. The number of aryl methyl sites for hydroxylation is 1. The van der Waals surface area contributed by atoms with E-state index in [0.717, 1.165) is 42.6 Å². The zero-order chi connectivity index (χ0) is 24.8. The number of carbonyl (C=O) groups is 1. The van der Waals surface area contributed by atoms with Crippen LogP contribution in [0, 0.1) is 12.8 Å². The van der Waals surface area contributed by atoms with Crippen LogP contribution >= 0.6 is 24.2 Å². The number of carboxylic acids is 1. The molecule has 2 aliphatic rings. The van der Waals surface area contributed by atoms with Gasteiger partial charge in [-0.05, 0) is 78.1 Å². The number of carboxylic acid groups (broad SMARTS) is 1. The fourth-order valence-electron chi connectivity index (χ4n) is 5.33. The summed E-state index contributed by atoms with van der Waals surface area (Å²) in [5.41, 5.74) is 7.98. The van der Waals surface area contributed by atoms with Crippen molar-refractivity contribution in [1.82, 2.24) is 15.0 Å². The van der Waals surface area contributed by atoms with Crippen molar-refractivity contribution in [3.8, 4) is 34.0 Å². The van der Waals surface area contributed by atoms with Gasteiger partial charge in [0.05, 0.1) is 5.92 Å². The summed E-state index contributed by atoms with van der Waals surface area (Å²) >= 11 is 1.75. The van der Waals surface area contributed by atoms with E-state index in [4.69, 9.17) is 9.51 Å². The Kier molecular flexibility index (Phi) is 7.12. The summed E-state index contributed by atoms with van der Waals surface area (Å²) < 4.78 is 5.66. The quantitative estimate of drug-likeness (QED) is 0.276. The summed E-state index contributed by atoms with van der Waals surface area (Å²) in [4.78, 5) is 19.5. The van der Waals surface area contributed by atoms with Gasteiger partial charge in [0, 0.05) is 35.2 Å².